The number of hydrogen-bond donors (Lipinski definition) is 0. The average Bonchev–Trinajstić information content (AvgIpc) is 3.12. The number of unbranched alkanes of at least 4 members (excludes halogenated alkanes) is 1. The zero-order valence-electron chi connectivity index (χ0n) is 18.4. The molecule has 3 aliphatic heterocycles. The zero-order valence-corrected chi connectivity index (χ0v) is 19.2. The van der Waals surface area contributed by atoms with E-state index in [0.29, 0.717) is 18.7 Å². The Labute approximate surface area is 196 Å². The van der Waals surface area contributed by atoms with Crippen molar-refractivity contribution in [3.63, 3.8) is 0 Å². The lowest BCUT2D eigenvalue weighted by Gasteiger charge is -2.39. The monoisotopic (exact) mass is 471 g/mol. The first-order chi connectivity index (χ1) is 16.0. The van der Waals surface area contributed by atoms with Gasteiger partial charge in [-0.1, -0.05) is 11.8 Å². The maximum absolute atomic E-state index is 14.1. The summed E-state index contributed by atoms with van der Waals surface area (Å²) in [5.74, 6) is 0.192. The molecule has 8 heteroatoms. The Kier molecular flexibility index (Phi) is 6.38. The highest BCUT2D eigenvalue weighted by atomic mass is 32.2. The summed E-state index contributed by atoms with van der Waals surface area (Å²) in [6, 6.07) is 11.7. The third-order valence-corrected chi connectivity index (χ3v) is 7.79. The van der Waals surface area contributed by atoms with Crippen LogP contribution in [0.25, 0.3) is 0 Å². The van der Waals surface area contributed by atoms with Gasteiger partial charge >= 0.3 is 0 Å². The maximum atomic E-state index is 14.1. The second-order valence-electron chi connectivity index (χ2n) is 8.93. The predicted molar refractivity (Wildman–Crippen MR) is 126 cm³/mol. The molecule has 2 aromatic rings. The molecular weight excluding hydrogens is 444 g/mol. The Balaban J connectivity index is 1.24. The van der Waals surface area contributed by atoms with Crippen molar-refractivity contribution in [1.29, 1.82) is 0 Å². The summed E-state index contributed by atoms with van der Waals surface area (Å²) in [7, 11) is 0. The van der Waals surface area contributed by atoms with E-state index in [-0.39, 0.29) is 34.7 Å². The fraction of sp³-hybridized carbons (Fsp3) is 0.440. The Bertz CT molecular complexity index is 1030. The second-order valence-corrected chi connectivity index (χ2v) is 9.98. The van der Waals surface area contributed by atoms with Crippen LogP contribution in [0.4, 0.5) is 25.0 Å². The number of fused-ring (bicyclic) bond motifs is 3. The first-order valence-electron chi connectivity index (χ1n) is 11.5. The van der Waals surface area contributed by atoms with Crippen LogP contribution >= 0.6 is 11.8 Å². The number of benzene rings is 2. The lowest BCUT2D eigenvalue weighted by Crippen LogP contribution is -2.45. The van der Waals surface area contributed by atoms with E-state index in [0.717, 1.165) is 55.8 Å². The standard InChI is InChI=1S/C25H27F2N3O2S/c26-17-3-6-19(7-4-17)30-22-8-5-18(27)15-20(22)21-16-28(13-9-23(21)30)11-1-2-12-29-24(31)10-14-33-25(29)32/h3-8,15,21,23H,1-2,9-14,16H2. The number of rotatable bonds is 6. The Morgan fingerprint density at radius 1 is 0.970 bits per heavy atom. The SMILES string of the molecule is O=C1CCSC(=O)N1CCCCN1CCC2C(C1)c1cc(F)ccc1N2c1ccc(F)cc1. The normalized spacial score (nSPS) is 23.1. The van der Waals surface area contributed by atoms with Gasteiger partial charge in [0, 0.05) is 55.1 Å². The van der Waals surface area contributed by atoms with E-state index < -0.39 is 0 Å². The highest BCUT2D eigenvalue weighted by molar-refractivity contribution is 8.13. The lowest BCUT2D eigenvalue weighted by atomic mass is 9.89. The van der Waals surface area contributed by atoms with Crippen molar-refractivity contribution in [2.45, 2.75) is 37.6 Å². The molecule has 3 heterocycles. The van der Waals surface area contributed by atoms with Crippen molar-refractivity contribution in [3.8, 4) is 0 Å². The molecule has 0 aliphatic carbocycles. The average molecular weight is 472 g/mol. The van der Waals surface area contributed by atoms with Crippen LogP contribution in [0.5, 0.6) is 0 Å². The number of imide groups is 1. The van der Waals surface area contributed by atoms with Crippen LogP contribution in [0.15, 0.2) is 42.5 Å². The van der Waals surface area contributed by atoms with E-state index >= 15 is 0 Å². The molecule has 0 N–H and O–H groups in total. The summed E-state index contributed by atoms with van der Waals surface area (Å²) in [6.07, 6.45) is 3.05. The number of carbonyl (C=O) groups is 2. The maximum Gasteiger partial charge on any atom is 0.288 e. The molecule has 0 radical (unpaired) electrons. The summed E-state index contributed by atoms with van der Waals surface area (Å²) >= 11 is 1.22. The summed E-state index contributed by atoms with van der Waals surface area (Å²) in [6.45, 7) is 3.12. The molecule has 0 spiro atoms. The predicted octanol–water partition coefficient (Wildman–Crippen LogP) is 5.14. The van der Waals surface area contributed by atoms with Gasteiger partial charge in [0.15, 0.2) is 0 Å². The quantitative estimate of drug-likeness (QED) is 0.546. The van der Waals surface area contributed by atoms with Gasteiger partial charge in [-0.25, -0.2) is 8.78 Å². The Morgan fingerprint density at radius 3 is 2.52 bits per heavy atom. The van der Waals surface area contributed by atoms with E-state index in [2.05, 4.69) is 9.80 Å². The number of anilines is 2. The van der Waals surface area contributed by atoms with Gasteiger partial charge in [-0.2, -0.15) is 0 Å². The van der Waals surface area contributed by atoms with E-state index in [1.54, 1.807) is 18.2 Å². The van der Waals surface area contributed by atoms with Gasteiger partial charge in [0.1, 0.15) is 11.6 Å². The third kappa shape index (κ3) is 4.51. The van der Waals surface area contributed by atoms with Crippen LogP contribution < -0.4 is 4.90 Å². The fourth-order valence-corrected chi connectivity index (χ4v) is 6.14. The minimum Gasteiger partial charge on any atom is -0.337 e. The number of halogens is 2. The smallest absolute Gasteiger partial charge is 0.288 e. The number of nitrogens with zero attached hydrogens (tertiary/aromatic N) is 3. The highest BCUT2D eigenvalue weighted by Gasteiger charge is 2.42. The molecule has 2 atom stereocenters. The van der Waals surface area contributed by atoms with E-state index in [1.807, 2.05) is 6.07 Å². The molecule has 33 heavy (non-hydrogen) atoms. The topological polar surface area (TPSA) is 43.9 Å². The molecule has 5 nitrogen and oxygen atoms in total. The zero-order chi connectivity index (χ0) is 22.9. The summed E-state index contributed by atoms with van der Waals surface area (Å²) in [4.78, 5) is 29.9. The molecular formula is C25H27F2N3O2S. The molecule has 2 amide bonds. The van der Waals surface area contributed by atoms with Gasteiger partial charge in [-0.15, -0.1) is 0 Å². The molecule has 2 aromatic carbocycles. The van der Waals surface area contributed by atoms with Gasteiger partial charge in [0.25, 0.3) is 5.24 Å². The second kappa shape index (κ2) is 9.43. The molecule has 0 bridgehead atoms. The minimum atomic E-state index is -0.268. The van der Waals surface area contributed by atoms with Crippen LogP contribution in [-0.4, -0.2) is 58.9 Å². The summed E-state index contributed by atoms with van der Waals surface area (Å²) in [5.41, 5.74) is 2.94. The van der Waals surface area contributed by atoms with Gasteiger partial charge in [0.2, 0.25) is 5.91 Å². The lowest BCUT2D eigenvalue weighted by molar-refractivity contribution is -0.127. The number of carbonyl (C=O) groups excluding carboxylic acids is 2. The molecule has 2 fully saturated rings. The van der Waals surface area contributed by atoms with Crippen molar-refractivity contribution in [2.24, 2.45) is 0 Å². The highest BCUT2D eigenvalue weighted by Crippen LogP contribution is 2.48. The van der Waals surface area contributed by atoms with E-state index in [9.17, 15) is 18.4 Å². The van der Waals surface area contributed by atoms with Gasteiger partial charge < -0.3 is 9.80 Å². The third-order valence-electron chi connectivity index (χ3n) is 6.91. The van der Waals surface area contributed by atoms with Crippen molar-refractivity contribution in [3.05, 3.63) is 59.7 Å². The minimum absolute atomic E-state index is 0.0648. The molecule has 2 saturated heterocycles. The van der Waals surface area contributed by atoms with E-state index in [4.69, 9.17) is 0 Å². The summed E-state index contributed by atoms with van der Waals surface area (Å²) < 4.78 is 27.6. The van der Waals surface area contributed by atoms with Crippen LogP contribution in [-0.2, 0) is 4.79 Å². The number of amides is 2. The van der Waals surface area contributed by atoms with E-state index in [1.165, 1.54) is 34.9 Å². The number of hydrogen-bond acceptors (Lipinski definition) is 5. The molecule has 5 rings (SSSR count). The number of piperidine rings is 1. The fourth-order valence-electron chi connectivity index (χ4n) is 5.34. The van der Waals surface area contributed by atoms with Gasteiger partial charge in [-0.3, -0.25) is 14.5 Å². The van der Waals surface area contributed by atoms with Crippen LogP contribution in [0.3, 0.4) is 0 Å². The number of thioether (sulfide) groups is 1. The summed E-state index contributed by atoms with van der Waals surface area (Å²) in [5, 5.41) is -0.127. The van der Waals surface area contributed by atoms with Gasteiger partial charge in [-0.05, 0) is 73.8 Å². The molecule has 2 unspecified atom stereocenters. The van der Waals surface area contributed by atoms with Gasteiger partial charge in [0.05, 0.1) is 0 Å². The first kappa shape index (κ1) is 22.3. The largest absolute Gasteiger partial charge is 0.337 e. The number of likely N-dealkylation sites (tertiary alicyclic amines) is 1. The van der Waals surface area contributed by atoms with Crippen molar-refractivity contribution < 1.29 is 18.4 Å². The van der Waals surface area contributed by atoms with Crippen molar-refractivity contribution in [2.75, 3.05) is 36.8 Å². The molecule has 0 aromatic heterocycles. The van der Waals surface area contributed by atoms with Crippen molar-refractivity contribution in [1.82, 2.24) is 9.80 Å². The molecule has 0 saturated carbocycles. The van der Waals surface area contributed by atoms with Crippen LogP contribution in [0, 0.1) is 11.6 Å². The van der Waals surface area contributed by atoms with Crippen LogP contribution in [0.2, 0.25) is 0 Å². The first-order valence-corrected chi connectivity index (χ1v) is 12.5. The van der Waals surface area contributed by atoms with Crippen LogP contribution in [0.1, 0.15) is 37.2 Å². The Hall–Kier alpha value is -2.45. The molecule has 3 aliphatic rings. The Morgan fingerprint density at radius 2 is 1.73 bits per heavy atom. The van der Waals surface area contributed by atoms with Crippen molar-refractivity contribution >= 4 is 34.3 Å². The molecule has 174 valence electrons.